The first-order valence-electron chi connectivity index (χ1n) is 6.33. The molecule has 1 aromatic rings. The lowest BCUT2D eigenvalue weighted by molar-refractivity contribution is 1.02. The van der Waals surface area contributed by atoms with E-state index in [9.17, 15) is 0 Å². The molecule has 14 radical (unpaired) electrons. The number of halogens is 1. The van der Waals surface area contributed by atoms with Gasteiger partial charge in [-0.05, 0) is 6.92 Å². The van der Waals surface area contributed by atoms with Crippen molar-refractivity contribution in [1.82, 2.24) is 9.97 Å². The Kier molecular flexibility index (Phi) is 10.9. The van der Waals surface area contributed by atoms with Gasteiger partial charge in [0.15, 0.2) is 0 Å². The van der Waals surface area contributed by atoms with E-state index in [4.69, 9.17) is 65.8 Å². The molecule has 1 rings (SSSR count). The zero-order chi connectivity index (χ0) is 16.6. The van der Waals surface area contributed by atoms with Crippen LogP contribution >= 0.6 is 11.6 Å². The fourth-order valence-corrected chi connectivity index (χ4v) is 1.65. The van der Waals surface area contributed by atoms with E-state index in [2.05, 4.69) is 9.97 Å². The maximum atomic E-state index is 5.59. The normalized spacial score (nSPS) is 9.05. The minimum atomic E-state index is -0.723. The molecule has 0 aromatic carbocycles. The Morgan fingerprint density at radius 3 is 1.57 bits per heavy atom. The average Bonchev–Trinajstić information content (AvgIpc) is 2.39. The van der Waals surface area contributed by atoms with E-state index < -0.39 is 31.9 Å². The zero-order valence-electron chi connectivity index (χ0n) is 12.1. The molecular weight excluding hydrogens is 265 g/mol. The van der Waals surface area contributed by atoms with Crippen LogP contribution in [-0.2, 0) is 5.88 Å². The number of hydrogen-bond acceptors (Lipinski definition) is 2. The summed E-state index contributed by atoms with van der Waals surface area (Å²) in [5.41, 5.74) is 0.960. The Morgan fingerprint density at radius 2 is 1.33 bits per heavy atom. The summed E-state index contributed by atoms with van der Waals surface area (Å²) in [6.45, 7) is 1.85. The summed E-state index contributed by atoms with van der Waals surface area (Å²) in [4.78, 5) is 7.91. The highest BCUT2D eigenvalue weighted by Crippen LogP contribution is 1.98. The molecular formula is C6H7B12ClN2. The van der Waals surface area contributed by atoms with E-state index in [1.54, 1.807) is 12.4 Å². The average molecular weight is 272 g/mol. The van der Waals surface area contributed by atoms with Crippen LogP contribution < -0.4 is 0 Å². The third kappa shape index (κ3) is 8.38. The minimum Gasteiger partial charge on any atom is -0.241 e. The molecule has 0 atom stereocenters. The Hall–Kier alpha value is 0.149. The van der Waals surface area contributed by atoms with Gasteiger partial charge in [-0.1, -0.05) is 0 Å². The standard InChI is InChI=1S/C6H7ClN2.B12/c1-5-8-3-6(2-7)4-9-5;1-8(2)11(7)12(9(3)4)10(5)6/h3-4H,2H2,1H3;. The number of alkyl halides is 1. The zero-order valence-corrected chi connectivity index (χ0v) is 12.8. The Balaban J connectivity index is 0.000000394. The largest absolute Gasteiger partial charge is 0.241 e. The predicted octanol–water partition coefficient (Wildman–Crippen LogP) is -3.05. The highest BCUT2D eigenvalue weighted by atomic mass is 35.5. The van der Waals surface area contributed by atoms with Gasteiger partial charge in [-0.2, -0.15) is 0 Å². The molecule has 0 fully saturated rings. The Morgan fingerprint density at radius 1 is 0.905 bits per heavy atom. The lowest BCUT2D eigenvalue weighted by atomic mass is 8.53. The van der Waals surface area contributed by atoms with Gasteiger partial charge in [0, 0.05) is 104 Å². The van der Waals surface area contributed by atoms with Crippen LogP contribution in [0.3, 0.4) is 0 Å². The summed E-state index contributed by atoms with van der Waals surface area (Å²) in [7, 11) is 37.9. The molecule has 21 heavy (non-hydrogen) atoms. The van der Waals surface area contributed by atoms with Crippen molar-refractivity contribution < 1.29 is 0 Å². The van der Waals surface area contributed by atoms with Gasteiger partial charge in [-0.3, -0.25) is 0 Å². The Bertz CT molecular complexity index is 380. The van der Waals surface area contributed by atoms with Gasteiger partial charge < -0.3 is 0 Å². The van der Waals surface area contributed by atoms with Crippen LogP contribution in [0.4, 0.5) is 0 Å². The molecule has 0 N–H and O–H groups in total. The van der Waals surface area contributed by atoms with Crippen LogP contribution in [0.15, 0.2) is 12.4 Å². The van der Waals surface area contributed by atoms with Crippen molar-refractivity contribution in [2.24, 2.45) is 0 Å². The van der Waals surface area contributed by atoms with E-state index in [-0.39, 0.29) is 0 Å². The summed E-state index contributed by atoms with van der Waals surface area (Å²) < 4.78 is 0. The predicted molar refractivity (Wildman–Crippen MR) is 105 cm³/mol. The molecule has 2 nitrogen and oxygen atoms in total. The highest BCUT2D eigenvalue weighted by molar-refractivity contribution is 8.05. The topological polar surface area (TPSA) is 25.8 Å². The van der Waals surface area contributed by atoms with Gasteiger partial charge in [0.2, 0.25) is 0 Å². The van der Waals surface area contributed by atoms with Crippen molar-refractivity contribution >= 4 is 97.7 Å². The summed E-state index contributed by atoms with van der Waals surface area (Å²) in [5, 5.41) is 0. The van der Waals surface area contributed by atoms with Gasteiger partial charge in [0.05, 0.1) is 5.88 Å². The number of rotatable bonds is 5. The molecule has 1 heterocycles. The van der Waals surface area contributed by atoms with Gasteiger partial charge in [0.25, 0.3) is 0 Å². The van der Waals surface area contributed by atoms with Crippen molar-refractivity contribution in [3.63, 3.8) is 0 Å². The first kappa shape index (κ1) is 21.1. The summed E-state index contributed by atoms with van der Waals surface area (Å²) in [6.07, 6.45) is 0.239. The molecule has 1 aromatic heterocycles. The lowest BCUT2D eigenvalue weighted by Crippen LogP contribution is -2.67. The quantitative estimate of drug-likeness (QED) is 0.421. The van der Waals surface area contributed by atoms with Crippen molar-refractivity contribution in [3.05, 3.63) is 23.8 Å². The van der Waals surface area contributed by atoms with Crippen molar-refractivity contribution in [2.75, 3.05) is 0 Å². The van der Waals surface area contributed by atoms with E-state index in [1.165, 1.54) is 0 Å². The number of aryl methyl sites for hydroxylation is 1. The van der Waals surface area contributed by atoms with E-state index in [0.717, 1.165) is 11.4 Å². The highest BCUT2D eigenvalue weighted by Gasteiger charge is 2.29. The van der Waals surface area contributed by atoms with Crippen LogP contribution in [0.2, 0.25) is 0 Å². The fraction of sp³-hybridized carbons (Fsp3) is 0.333. The van der Waals surface area contributed by atoms with Crippen LogP contribution in [-0.4, -0.2) is 96.1 Å². The van der Waals surface area contributed by atoms with Gasteiger partial charge >= 0.3 is 0 Å². The van der Waals surface area contributed by atoms with Crippen molar-refractivity contribution in [2.45, 2.75) is 12.8 Å². The van der Waals surface area contributed by atoms with Crippen LogP contribution in [0, 0.1) is 6.92 Å². The van der Waals surface area contributed by atoms with E-state index in [1.807, 2.05) is 6.92 Å². The fourth-order valence-electron chi connectivity index (χ4n) is 1.51. The molecule has 84 valence electrons. The summed E-state index contributed by atoms with van der Waals surface area (Å²) >= 11 is 5.50. The van der Waals surface area contributed by atoms with Gasteiger partial charge in [-0.25, -0.2) is 9.97 Å². The second-order valence-electron chi connectivity index (χ2n) is 4.66. The van der Waals surface area contributed by atoms with Crippen LogP contribution in [0.25, 0.3) is 0 Å². The molecule has 0 aliphatic rings. The maximum absolute atomic E-state index is 5.59. The van der Waals surface area contributed by atoms with Crippen LogP contribution in [0.5, 0.6) is 0 Å². The minimum absolute atomic E-state index is 0.481. The van der Waals surface area contributed by atoms with E-state index >= 15 is 0 Å². The van der Waals surface area contributed by atoms with E-state index in [0.29, 0.717) is 5.88 Å². The molecule has 0 aliphatic carbocycles. The van der Waals surface area contributed by atoms with Crippen molar-refractivity contribution in [3.8, 4) is 0 Å². The van der Waals surface area contributed by atoms with Crippen LogP contribution in [0.1, 0.15) is 11.4 Å². The van der Waals surface area contributed by atoms with Gasteiger partial charge in [0.1, 0.15) is 5.82 Å². The third-order valence-electron chi connectivity index (χ3n) is 2.77. The second kappa shape index (κ2) is 10.8. The van der Waals surface area contributed by atoms with Crippen molar-refractivity contribution in [1.29, 1.82) is 0 Å². The molecule has 0 saturated carbocycles. The number of hydrogen-bond donors (Lipinski definition) is 0. The summed E-state index contributed by atoms with van der Waals surface area (Å²) in [5.74, 6) is 1.27. The first-order valence-corrected chi connectivity index (χ1v) is 6.86. The second-order valence-corrected chi connectivity index (χ2v) is 4.93. The molecule has 0 saturated heterocycles. The third-order valence-corrected chi connectivity index (χ3v) is 3.08. The molecule has 15 heteroatoms. The lowest BCUT2D eigenvalue weighted by Gasteiger charge is -2.29. The first-order chi connectivity index (χ1) is 9.70. The number of aromatic nitrogens is 2. The maximum Gasteiger partial charge on any atom is 0.125 e. The number of nitrogens with zero attached hydrogens (tertiary/aromatic N) is 2. The molecule has 0 amide bonds. The molecule has 0 bridgehead atoms. The van der Waals surface area contributed by atoms with Gasteiger partial charge in [-0.15, -0.1) is 11.6 Å². The smallest absolute Gasteiger partial charge is 0.125 e. The monoisotopic (exact) mass is 274 g/mol. The Labute approximate surface area is 144 Å². The SMILES string of the molecule is Cc1ncc(CCl)cn1.[B]B([B])B([B])B(B([B])[B])B([B])[B]. The summed E-state index contributed by atoms with van der Waals surface area (Å²) in [6, 6.07) is 0. The molecule has 0 aliphatic heterocycles. The molecule has 0 spiro atoms. The molecule has 0 unspecified atom stereocenters.